The standard InChI is InChI=1S/C7H5F3.C3H6N2O/c8-7(9,10)6-4-2-1-3-5-6;4-3-5-1-2-6-3/h1-5H;1-2H2,(H2,4,5). The van der Waals surface area contributed by atoms with Gasteiger partial charge in [0.25, 0.3) is 6.02 Å². The highest BCUT2D eigenvalue weighted by Gasteiger charge is 2.29. The van der Waals surface area contributed by atoms with Crippen LogP contribution >= 0.6 is 0 Å². The van der Waals surface area contributed by atoms with Gasteiger partial charge in [0.15, 0.2) is 0 Å². The highest BCUT2D eigenvalue weighted by molar-refractivity contribution is 5.72. The maximum atomic E-state index is 11.8. The lowest BCUT2D eigenvalue weighted by Gasteiger charge is -2.03. The maximum absolute atomic E-state index is 11.8. The molecule has 6 heteroatoms. The van der Waals surface area contributed by atoms with Gasteiger partial charge in [-0.25, -0.2) is 4.99 Å². The summed E-state index contributed by atoms with van der Waals surface area (Å²) in [4.78, 5) is 3.71. The second-order valence-corrected chi connectivity index (χ2v) is 2.93. The minimum atomic E-state index is -4.21. The number of halogens is 3. The van der Waals surface area contributed by atoms with Gasteiger partial charge in [0.2, 0.25) is 0 Å². The van der Waals surface area contributed by atoms with Crippen LogP contribution in [0, 0.1) is 0 Å². The van der Waals surface area contributed by atoms with Crippen molar-refractivity contribution < 1.29 is 17.9 Å². The molecule has 0 spiro atoms. The van der Waals surface area contributed by atoms with Crippen LogP contribution in [0.2, 0.25) is 0 Å². The molecule has 2 rings (SSSR count). The Morgan fingerprint density at radius 1 is 1.19 bits per heavy atom. The van der Waals surface area contributed by atoms with Gasteiger partial charge in [-0.1, -0.05) is 30.3 Å². The third-order valence-electron chi connectivity index (χ3n) is 1.71. The van der Waals surface area contributed by atoms with Crippen LogP contribution in [-0.4, -0.2) is 19.2 Å². The van der Waals surface area contributed by atoms with Crippen molar-refractivity contribution in [1.29, 1.82) is 0 Å². The molecule has 0 bridgehead atoms. The molecule has 88 valence electrons. The minimum absolute atomic E-state index is 0.329. The molecule has 0 unspecified atom stereocenters. The van der Waals surface area contributed by atoms with Gasteiger partial charge in [-0.3, -0.25) is 0 Å². The summed E-state index contributed by atoms with van der Waals surface area (Å²) >= 11 is 0. The summed E-state index contributed by atoms with van der Waals surface area (Å²) in [5.74, 6) is 0. The van der Waals surface area contributed by atoms with Crippen molar-refractivity contribution in [3.05, 3.63) is 35.9 Å². The van der Waals surface area contributed by atoms with Crippen molar-refractivity contribution in [2.24, 2.45) is 10.7 Å². The second-order valence-electron chi connectivity index (χ2n) is 2.93. The average molecular weight is 232 g/mol. The van der Waals surface area contributed by atoms with Gasteiger partial charge >= 0.3 is 6.18 Å². The molecule has 1 aromatic rings. The Morgan fingerprint density at radius 3 is 2.06 bits per heavy atom. The average Bonchev–Trinajstić information content (AvgIpc) is 2.70. The summed E-state index contributed by atoms with van der Waals surface area (Å²) in [6.45, 7) is 1.39. The summed E-state index contributed by atoms with van der Waals surface area (Å²) < 4.78 is 40.0. The van der Waals surface area contributed by atoms with Crippen molar-refractivity contribution >= 4 is 6.02 Å². The first-order chi connectivity index (χ1) is 7.50. The Morgan fingerprint density at radius 2 is 1.81 bits per heavy atom. The zero-order valence-corrected chi connectivity index (χ0v) is 8.37. The molecule has 0 aromatic heterocycles. The van der Waals surface area contributed by atoms with Crippen molar-refractivity contribution in [2.75, 3.05) is 13.2 Å². The topological polar surface area (TPSA) is 47.6 Å². The lowest BCUT2D eigenvalue weighted by atomic mass is 10.2. The predicted octanol–water partition coefficient (Wildman–Crippen LogP) is 2.04. The Balaban J connectivity index is 0.000000181. The summed E-state index contributed by atoms with van der Waals surface area (Å²) in [6.07, 6.45) is -4.21. The van der Waals surface area contributed by atoms with E-state index in [4.69, 9.17) is 5.73 Å². The van der Waals surface area contributed by atoms with E-state index in [1.54, 1.807) is 6.07 Å². The van der Waals surface area contributed by atoms with Crippen LogP contribution < -0.4 is 5.73 Å². The van der Waals surface area contributed by atoms with Crippen LogP contribution in [0.15, 0.2) is 35.3 Å². The van der Waals surface area contributed by atoms with Crippen LogP contribution in [0.25, 0.3) is 0 Å². The van der Waals surface area contributed by atoms with Crippen molar-refractivity contribution in [3.8, 4) is 0 Å². The lowest BCUT2D eigenvalue weighted by Crippen LogP contribution is -2.10. The fourth-order valence-electron chi connectivity index (χ4n) is 0.979. The van der Waals surface area contributed by atoms with E-state index in [1.165, 1.54) is 12.1 Å². The Bertz CT molecular complexity index is 349. The van der Waals surface area contributed by atoms with Crippen molar-refractivity contribution in [1.82, 2.24) is 0 Å². The smallest absolute Gasteiger partial charge is 0.416 e. The fourth-order valence-corrected chi connectivity index (χ4v) is 0.979. The van der Waals surface area contributed by atoms with Crippen molar-refractivity contribution in [2.45, 2.75) is 6.18 Å². The fraction of sp³-hybridized carbons (Fsp3) is 0.300. The van der Waals surface area contributed by atoms with Crippen LogP contribution in [0.5, 0.6) is 0 Å². The molecule has 0 aliphatic carbocycles. The molecule has 1 aliphatic heterocycles. The van der Waals surface area contributed by atoms with Gasteiger partial charge in [0.05, 0.1) is 12.1 Å². The summed E-state index contributed by atoms with van der Waals surface area (Å²) in [5, 5.41) is 0. The zero-order valence-electron chi connectivity index (χ0n) is 8.37. The van der Waals surface area contributed by atoms with Gasteiger partial charge in [-0.15, -0.1) is 0 Å². The molecule has 0 atom stereocenters. The van der Waals surface area contributed by atoms with Gasteiger partial charge < -0.3 is 10.5 Å². The van der Waals surface area contributed by atoms with Gasteiger partial charge in [0, 0.05) is 0 Å². The number of benzene rings is 1. The Kier molecular flexibility index (Phi) is 4.16. The Labute approximate surface area is 90.7 Å². The molecule has 16 heavy (non-hydrogen) atoms. The molecule has 0 fully saturated rings. The highest BCUT2D eigenvalue weighted by atomic mass is 19.4. The Hall–Kier alpha value is -1.72. The number of nitrogens with zero attached hydrogens (tertiary/aromatic N) is 1. The minimum Gasteiger partial charge on any atom is -0.463 e. The van der Waals surface area contributed by atoms with E-state index >= 15 is 0 Å². The molecular weight excluding hydrogens is 221 g/mol. The SMILES string of the molecule is FC(F)(F)c1ccccc1.NC1=NCCO1. The third kappa shape index (κ3) is 4.20. The van der Waals surface area contributed by atoms with E-state index in [0.29, 0.717) is 12.6 Å². The molecule has 0 amide bonds. The van der Waals surface area contributed by atoms with E-state index in [0.717, 1.165) is 18.7 Å². The van der Waals surface area contributed by atoms with Crippen molar-refractivity contribution in [3.63, 3.8) is 0 Å². The highest BCUT2D eigenvalue weighted by Crippen LogP contribution is 2.28. The lowest BCUT2D eigenvalue weighted by molar-refractivity contribution is -0.137. The number of rotatable bonds is 0. The number of nitrogens with two attached hydrogens (primary N) is 1. The number of hydrogen-bond donors (Lipinski definition) is 1. The first kappa shape index (κ1) is 12.4. The summed E-state index contributed by atoms with van der Waals surface area (Å²) in [7, 11) is 0. The predicted molar refractivity (Wildman–Crippen MR) is 53.9 cm³/mol. The van der Waals surface area contributed by atoms with E-state index in [1.807, 2.05) is 0 Å². The molecule has 0 radical (unpaired) electrons. The first-order valence-corrected chi connectivity index (χ1v) is 4.55. The number of aliphatic imine (C=N–C) groups is 1. The van der Waals surface area contributed by atoms with E-state index in [2.05, 4.69) is 9.73 Å². The van der Waals surface area contributed by atoms with Crippen LogP contribution in [-0.2, 0) is 10.9 Å². The van der Waals surface area contributed by atoms with E-state index in [-0.39, 0.29) is 0 Å². The largest absolute Gasteiger partial charge is 0.463 e. The third-order valence-corrected chi connectivity index (χ3v) is 1.71. The van der Waals surface area contributed by atoms with Crippen LogP contribution in [0.1, 0.15) is 5.56 Å². The molecule has 2 N–H and O–H groups in total. The normalized spacial score (nSPS) is 14.6. The molecule has 0 saturated carbocycles. The number of alkyl halides is 3. The summed E-state index contributed by atoms with van der Waals surface area (Å²) in [5.41, 5.74) is 4.46. The first-order valence-electron chi connectivity index (χ1n) is 4.55. The molecular formula is C10H11F3N2O. The monoisotopic (exact) mass is 232 g/mol. The quantitative estimate of drug-likeness (QED) is 0.744. The number of amidine groups is 1. The molecule has 1 aliphatic rings. The van der Waals surface area contributed by atoms with Crippen LogP contribution in [0.3, 0.4) is 0 Å². The zero-order chi connectivity index (χ0) is 12.0. The molecule has 1 heterocycles. The number of hydrogen-bond acceptors (Lipinski definition) is 3. The van der Waals surface area contributed by atoms with Gasteiger partial charge in [0.1, 0.15) is 6.61 Å². The number of ether oxygens (including phenoxy) is 1. The van der Waals surface area contributed by atoms with E-state index in [9.17, 15) is 13.2 Å². The molecule has 3 nitrogen and oxygen atoms in total. The second kappa shape index (κ2) is 5.39. The summed E-state index contributed by atoms with van der Waals surface area (Å²) in [6, 6.07) is 6.69. The van der Waals surface area contributed by atoms with Gasteiger partial charge in [-0.05, 0) is 0 Å². The van der Waals surface area contributed by atoms with Crippen LogP contribution in [0.4, 0.5) is 13.2 Å². The molecule has 0 saturated heterocycles. The molecule has 1 aromatic carbocycles. The van der Waals surface area contributed by atoms with Gasteiger partial charge in [-0.2, -0.15) is 13.2 Å². The maximum Gasteiger partial charge on any atom is 0.416 e. The van der Waals surface area contributed by atoms with E-state index < -0.39 is 11.7 Å².